The molecule has 0 aromatic rings. The Morgan fingerprint density at radius 3 is 2.85 bits per heavy atom. The Kier molecular flexibility index (Phi) is 11.5. The van der Waals surface area contributed by atoms with Crippen molar-refractivity contribution in [2.75, 3.05) is 46.9 Å². The first kappa shape index (κ1) is 19.9. The lowest BCUT2D eigenvalue weighted by Crippen LogP contribution is -2.47. The molecule has 0 bridgehead atoms. The van der Waals surface area contributed by atoms with Gasteiger partial charge in [0.1, 0.15) is 0 Å². The van der Waals surface area contributed by atoms with E-state index in [9.17, 15) is 0 Å². The van der Waals surface area contributed by atoms with E-state index in [1.54, 1.807) is 14.2 Å². The van der Waals surface area contributed by atoms with Gasteiger partial charge in [0.2, 0.25) is 0 Å². The highest BCUT2D eigenvalue weighted by molar-refractivity contribution is 14.0. The average molecular weight is 398 g/mol. The van der Waals surface area contributed by atoms with E-state index in [0.29, 0.717) is 6.61 Å². The lowest BCUT2D eigenvalue weighted by Gasteiger charge is -2.31. The predicted molar refractivity (Wildman–Crippen MR) is 96.1 cm³/mol. The summed E-state index contributed by atoms with van der Waals surface area (Å²) in [7, 11) is 3.52. The maximum atomic E-state index is 5.11. The second kappa shape index (κ2) is 11.6. The maximum absolute atomic E-state index is 5.11. The number of rotatable bonds is 6. The van der Waals surface area contributed by atoms with Crippen molar-refractivity contribution in [3.8, 4) is 0 Å². The first-order chi connectivity index (χ1) is 9.15. The van der Waals surface area contributed by atoms with Crippen LogP contribution in [0.3, 0.4) is 0 Å². The van der Waals surface area contributed by atoms with Crippen LogP contribution in [0.4, 0.5) is 0 Å². The summed E-state index contributed by atoms with van der Waals surface area (Å²) >= 11 is 0. The smallest absolute Gasteiger partial charge is 0.191 e. The van der Waals surface area contributed by atoms with Gasteiger partial charge in [0.15, 0.2) is 5.96 Å². The molecular weight excluding hydrogens is 367 g/mol. The molecule has 0 radical (unpaired) electrons. The Bertz CT molecular complexity index is 276. The van der Waals surface area contributed by atoms with Crippen LogP contribution >= 0.6 is 24.0 Å². The molecule has 1 fully saturated rings. The number of likely N-dealkylation sites (tertiary alicyclic amines) is 1. The molecule has 0 spiro atoms. The van der Waals surface area contributed by atoms with E-state index in [1.165, 1.54) is 25.9 Å². The van der Waals surface area contributed by atoms with E-state index >= 15 is 0 Å². The van der Waals surface area contributed by atoms with Gasteiger partial charge in [-0.3, -0.25) is 4.99 Å². The second-order valence-electron chi connectivity index (χ2n) is 5.55. The van der Waals surface area contributed by atoms with Gasteiger partial charge >= 0.3 is 0 Å². The number of guanidine groups is 1. The lowest BCUT2D eigenvalue weighted by atomic mass is 10.0. The van der Waals surface area contributed by atoms with Gasteiger partial charge in [0.25, 0.3) is 0 Å². The number of nitrogens with zero attached hydrogens (tertiary/aromatic N) is 2. The van der Waals surface area contributed by atoms with Crippen molar-refractivity contribution in [1.29, 1.82) is 0 Å². The second-order valence-corrected chi connectivity index (χ2v) is 5.55. The van der Waals surface area contributed by atoms with E-state index in [4.69, 9.17) is 4.74 Å². The summed E-state index contributed by atoms with van der Waals surface area (Å²) < 4.78 is 5.11. The highest BCUT2D eigenvalue weighted by atomic mass is 127. The van der Waals surface area contributed by atoms with Crippen molar-refractivity contribution < 1.29 is 4.74 Å². The van der Waals surface area contributed by atoms with Crippen LogP contribution < -0.4 is 10.6 Å². The van der Waals surface area contributed by atoms with Gasteiger partial charge in [-0.05, 0) is 32.2 Å². The normalized spacial score (nSPS) is 22.0. The molecule has 1 saturated heterocycles. The maximum Gasteiger partial charge on any atom is 0.191 e. The molecular formula is C14H31IN4O. The molecule has 0 aromatic heterocycles. The third-order valence-corrected chi connectivity index (χ3v) is 3.49. The van der Waals surface area contributed by atoms with E-state index < -0.39 is 0 Å². The fraction of sp³-hybridized carbons (Fsp3) is 0.929. The van der Waals surface area contributed by atoms with Crippen molar-refractivity contribution in [2.45, 2.75) is 32.7 Å². The zero-order valence-corrected chi connectivity index (χ0v) is 15.6. The van der Waals surface area contributed by atoms with Crippen molar-refractivity contribution in [1.82, 2.24) is 15.5 Å². The fourth-order valence-corrected chi connectivity index (χ4v) is 2.54. The molecule has 0 saturated carbocycles. The molecule has 2 N–H and O–H groups in total. The van der Waals surface area contributed by atoms with Gasteiger partial charge in [0, 0.05) is 39.8 Å². The number of hydrogen-bond donors (Lipinski definition) is 2. The Hall–Kier alpha value is -0.0800. The molecule has 0 aliphatic carbocycles. The van der Waals surface area contributed by atoms with Crippen molar-refractivity contribution >= 4 is 29.9 Å². The zero-order chi connectivity index (χ0) is 14.1. The number of ether oxygens (including phenoxy) is 1. The summed E-state index contributed by atoms with van der Waals surface area (Å²) in [6.07, 6.45) is 2.71. The Balaban J connectivity index is 0.00000361. The number of methoxy groups -OCH3 is 1. The molecule has 0 amide bonds. The van der Waals surface area contributed by atoms with Crippen LogP contribution in [-0.2, 0) is 4.74 Å². The summed E-state index contributed by atoms with van der Waals surface area (Å²) in [6, 6.07) is 0.270. The largest absolute Gasteiger partial charge is 0.383 e. The monoisotopic (exact) mass is 398 g/mol. The molecule has 1 aliphatic heterocycles. The van der Waals surface area contributed by atoms with Crippen LogP contribution in [0, 0.1) is 5.92 Å². The van der Waals surface area contributed by atoms with Gasteiger partial charge in [-0.1, -0.05) is 6.92 Å². The minimum absolute atomic E-state index is 0. The third kappa shape index (κ3) is 8.26. The molecule has 1 aliphatic rings. The number of hydrogen-bond acceptors (Lipinski definition) is 3. The van der Waals surface area contributed by atoms with E-state index in [0.717, 1.165) is 25.0 Å². The molecule has 2 unspecified atom stereocenters. The Morgan fingerprint density at radius 2 is 2.25 bits per heavy atom. The van der Waals surface area contributed by atoms with Crippen LogP contribution in [0.1, 0.15) is 26.7 Å². The van der Waals surface area contributed by atoms with Crippen LogP contribution in [0.15, 0.2) is 4.99 Å². The zero-order valence-electron chi connectivity index (χ0n) is 13.3. The fourth-order valence-electron chi connectivity index (χ4n) is 2.54. The number of halogens is 1. The number of piperidine rings is 1. The topological polar surface area (TPSA) is 48.9 Å². The number of nitrogens with one attached hydrogen (secondary N) is 2. The van der Waals surface area contributed by atoms with Crippen LogP contribution in [0.25, 0.3) is 0 Å². The molecule has 6 heteroatoms. The SMILES string of the molecule is CN=C(NCCN1CCCC(C)C1)NC(C)COC.I. The molecule has 5 nitrogen and oxygen atoms in total. The summed E-state index contributed by atoms with van der Waals surface area (Å²) in [6.45, 7) is 9.60. The molecule has 1 rings (SSSR count). The number of aliphatic imine (C=N–C) groups is 1. The molecule has 2 atom stereocenters. The lowest BCUT2D eigenvalue weighted by molar-refractivity contribution is 0.178. The van der Waals surface area contributed by atoms with Crippen LogP contribution in [0.5, 0.6) is 0 Å². The first-order valence-electron chi connectivity index (χ1n) is 7.34. The first-order valence-corrected chi connectivity index (χ1v) is 7.34. The van der Waals surface area contributed by atoms with E-state index in [-0.39, 0.29) is 30.0 Å². The molecule has 1 heterocycles. The van der Waals surface area contributed by atoms with E-state index in [1.807, 2.05) is 0 Å². The van der Waals surface area contributed by atoms with Gasteiger partial charge in [-0.25, -0.2) is 0 Å². The Morgan fingerprint density at radius 1 is 1.50 bits per heavy atom. The van der Waals surface area contributed by atoms with Crippen molar-refractivity contribution in [3.05, 3.63) is 0 Å². The third-order valence-electron chi connectivity index (χ3n) is 3.49. The molecule has 120 valence electrons. The highest BCUT2D eigenvalue weighted by Gasteiger charge is 2.15. The quantitative estimate of drug-likeness (QED) is 0.405. The molecule has 20 heavy (non-hydrogen) atoms. The summed E-state index contributed by atoms with van der Waals surface area (Å²) in [4.78, 5) is 6.76. The van der Waals surface area contributed by atoms with Gasteiger partial charge < -0.3 is 20.3 Å². The summed E-state index contributed by atoms with van der Waals surface area (Å²) in [5, 5.41) is 6.67. The van der Waals surface area contributed by atoms with Crippen LogP contribution in [-0.4, -0.2) is 63.8 Å². The average Bonchev–Trinajstić information content (AvgIpc) is 2.38. The summed E-state index contributed by atoms with van der Waals surface area (Å²) in [5.74, 6) is 1.70. The minimum Gasteiger partial charge on any atom is -0.383 e. The predicted octanol–water partition coefficient (Wildman–Crippen LogP) is 1.54. The van der Waals surface area contributed by atoms with Crippen LogP contribution in [0.2, 0.25) is 0 Å². The van der Waals surface area contributed by atoms with Crippen molar-refractivity contribution in [3.63, 3.8) is 0 Å². The van der Waals surface area contributed by atoms with Gasteiger partial charge in [0.05, 0.1) is 6.61 Å². The summed E-state index contributed by atoms with van der Waals surface area (Å²) in [5.41, 5.74) is 0. The van der Waals surface area contributed by atoms with E-state index in [2.05, 4.69) is 34.4 Å². The van der Waals surface area contributed by atoms with Gasteiger partial charge in [-0.15, -0.1) is 24.0 Å². The van der Waals surface area contributed by atoms with Crippen molar-refractivity contribution in [2.24, 2.45) is 10.9 Å². The Labute approximate surface area is 140 Å². The standard InChI is InChI=1S/C14H30N4O.HI/c1-12-6-5-8-18(10-12)9-7-16-14(15-3)17-13(2)11-19-4;/h12-13H,5-11H2,1-4H3,(H2,15,16,17);1H. The van der Waals surface area contributed by atoms with Gasteiger partial charge in [-0.2, -0.15) is 0 Å². The molecule has 0 aromatic carbocycles. The minimum atomic E-state index is 0. The highest BCUT2D eigenvalue weighted by Crippen LogP contribution is 2.14.